The van der Waals surface area contributed by atoms with Crippen molar-refractivity contribution in [2.75, 3.05) is 0 Å². The van der Waals surface area contributed by atoms with E-state index in [1.165, 1.54) is 24.3 Å². The molecule has 0 radical (unpaired) electrons. The molecule has 0 heterocycles. The third-order valence-corrected chi connectivity index (χ3v) is 9.12. The van der Waals surface area contributed by atoms with Crippen molar-refractivity contribution in [2.24, 2.45) is 0 Å². The fourth-order valence-electron chi connectivity index (χ4n) is 3.63. The molecule has 1 saturated carbocycles. The van der Waals surface area contributed by atoms with Crippen molar-refractivity contribution in [2.45, 2.75) is 30.3 Å². The molecule has 3 aromatic carbocycles. The first-order valence-electron chi connectivity index (χ1n) is 11.8. The van der Waals surface area contributed by atoms with Gasteiger partial charge in [0.05, 0.1) is 0 Å². The zero-order valence-corrected chi connectivity index (χ0v) is 22.1. The SMILES string of the molecule is O=C([AsH]C1CC1)/C(=C\c1ccc(C(=O)NCc2ccc(C(=O)NO)cc2)cc1)c1ccc(C(F)(F)F)cc1. The van der Waals surface area contributed by atoms with Crippen molar-refractivity contribution in [3.8, 4) is 0 Å². The molecule has 1 aliphatic carbocycles. The number of hydrogen-bond donors (Lipinski definition) is 3. The van der Waals surface area contributed by atoms with Crippen molar-refractivity contribution in [1.29, 1.82) is 0 Å². The van der Waals surface area contributed by atoms with Gasteiger partial charge in [0.25, 0.3) is 5.91 Å². The number of nitrogens with one attached hydrogen (secondary N) is 2. The van der Waals surface area contributed by atoms with E-state index in [2.05, 4.69) is 5.32 Å². The fraction of sp³-hybridized carbons (Fsp3) is 0.179. The number of alkyl halides is 3. The van der Waals surface area contributed by atoms with Gasteiger partial charge in [-0.1, -0.05) is 0 Å². The van der Waals surface area contributed by atoms with Gasteiger partial charge in [-0.25, -0.2) is 5.48 Å². The molecule has 3 N–H and O–H groups in total. The van der Waals surface area contributed by atoms with Crippen LogP contribution in [0.5, 0.6) is 0 Å². The van der Waals surface area contributed by atoms with Crippen LogP contribution in [0.2, 0.25) is 4.71 Å². The molecule has 1 aliphatic rings. The Morgan fingerprint density at radius 2 is 1.39 bits per heavy atom. The zero-order chi connectivity index (χ0) is 27.3. The van der Waals surface area contributed by atoms with Crippen molar-refractivity contribution in [1.82, 2.24) is 10.8 Å². The molecular formula is C28H24AsF3N2O4. The molecule has 1 atom stereocenters. The molecule has 1 unspecified atom stereocenters. The van der Waals surface area contributed by atoms with Crippen LogP contribution in [0, 0.1) is 0 Å². The standard InChI is InChI=1S/C28H24AsF3N2O4/c30-28(31,32)22-11-9-19(10-12-22)24(25(35)29-23-13-14-23)15-17-1-5-20(6-2-17)26(36)33-16-18-3-7-21(8-4-18)27(37)34-38/h1-12,15,23,29,38H,13-14,16H2,(H,33,36)(H,34,37)/b24-15-. The van der Waals surface area contributed by atoms with Crippen LogP contribution in [0.15, 0.2) is 72.8 Å². The Morgan fingerprint density at radius 1 is 0.842 bits per heavy atom. The number of allylic oxidation sites excluding steroid dienone is 1. The monoisotopic (exact) mass is 584 g/mol. The van der Waals surface area contributed by atoms with Gasteiger partial charge >= 0.3 is 185 Å². The Hall–Kier alpha value is -3.68. The molecule has 1 fully saturated rings. The second-order valence-electron chi connectivity index (χ2n) is 8.82. The molecule has 4 rings (SSSR count). The van der Waals surface area contributed by atoms with Crippen LogP contribution in [-0.4, -0.2) is 37.3 Å². The van der Waals surface area contributed by atoms with E-state index in [4.69, 9.17) is 5.21 Å². The summed E-state index contributed by atoms with van der Waals surface area (Å²) in [6.07, 6.45) is -0.733. The average molecular weight is 584 g/mol. The van der Waals surface area contributed by atoms with Crippen LogP contribution in [0.4, 0.5) is 13.2 Å². The number of carbonyl (C=O) groups is 3. The van der Waals surface area contributed by atoms with Gasteiger partial charge in [0.2, 0.25) is 0 Å². The quantitative estimate of drug-likeness (QED) is 0.110. The number of benzene rings is 3. The summed E-state index contributed by atoms with van der Waals surface area (Å²) in [7, 11) is 0. The van der Waals surface area contributed by atoms with E-state index in [0.29, 0.717) is 27.0 Å². The first-order valence-corrected chi connectivity index (χ1v) is 14.0. The number of hydroxylamine groups is 1. The Morgan fingerprint density at radius 3 is 1.95 bits per heavy atom. The third-order valence-electron chi connectivity index (χ3n) is 5.94. The summed E-state index contributed by atoms with van der Waals surface area (Å²) in [6, 6.07) is 17.6. The molecule has 6 nitrogen and oxygen atoms in total. The molecule has 2 amide bonds. The van der Waals surface area contributed by atoms with E-state index < -0.39 is 33.4 Å². The summed E-state index contributed by atoms with van der Waals surface area (Å²) in [5.41, 5.74) is 3.70. The van der Waals surface area contributed by atoms with Crippen LogP contribution in [0.25, 0.3) is 11.6 Å². The second kappa shape index (κ2) is 11.8. The molecular weight excluding hydrogens is 560 g/mol. The van der Waals surface area contributed by atoms with E-state index in [-0.39, 0.29) is 22.6 Å². The molecule has 0 aromatic heterocycles. The van der Waals surface area contributed by atoms with Gasteiger partial charge in [-0.2, -0.15) is 0 Å². The first kappa shape index (κ1) is 27.4. The maximum absolute atomic E-state index is 13.0. The topological polar surface area (TPSA) is 95.5 Å². The summed E-state index contributed by atoms with van der Waals surface area (Å²) in [4.78, 5) is 37.0. The molecule has 0 aliphatic heterocycles. The van der Waals surface area contributed by atoms with Crippen molar-refractivity contribution in [3.05, 3.63) is 106 Å². The molecule has 3 aromatic rings. The first-order chi connectivity index (χ1) is 18.1. The van der Waals surface area contributed by atoms with E-state index in [0.717, 1.165) is 30.5 Å². The van der Waals surface area contributed by atoms with Gasteiger partial charge in [-0.05, 0) is 12.1 Å². The van der Waals surface area contributed by atoms with Gasteiger partial charge in [-0.3, -0.25) is 10.0 Å². The van der Waals surface area contributed by atoms with Crippen LogP contribution in [-0.2, 0) is 17.5 Å². The summed E-state index contributed by atoms with van der Waals surface area (Å²) in [6.45, 7) is 0.222. The summed E-state index contributed by atoms with van der Waals surface area (Å²) < 4.78 is 39.4. The molecule has 0 spiro atoms. The summed E-state index contributed by atoms with van der Waals surface area (Å²) in [5, 5.41) is 11.5. The fourth-order valence-corrected chi connectivity index (χ4v) is 6.14. The third kappa shape index (κ3) is 7.21. The molecule has 196 valence electrons. The predicted octanol–water partition coefficient (Wildman–Crippen LogP) is 4.84. The normalized spacial score (nSPS) is 13.9. The van der Waals surface area contributed by atoms with Gasteiger partial charge < -0.3 is 0 Å². The number of halogens is 3. The Kier molecular flexibility index (Phi) is 8.49. The minimum atomic E-state index is -4.45. The molecule has 10 heteroatoms. The van der Waals surface area contributed by atoms with Crippen molar-refractivity contribution in [3.63, 3.8) is 0 Å². The summed E-state index contributed by atoms with van der Waals surface area (Å²) in [5.74, 6) is -0.954. The van der Waals surface area contributed by atoms with Crippen LogP contribution in [0.3, 0.4) is 0 Å². The maximum atomic E-state index is 13.0. The van der Waals surface area contributed by atoms with E-state index in [1.807, 2.05) is 0 Å². The number of rotatable bonds is 9. The van der Waals surface area contributed by atoms with Gasteiger partial charge in [0, 0.05) is 5.56 Å². The second-order valence-corrected chi connectivity index (χ2v) is 12.1. The molecule has 0 bridgehead atoms. The van der Waals surface area contributed by atoms with Crippen LogP contribution in [0.1, 0.15) is 55.8 Å². The Bertz CT molecular complexity index is 1350. The van der Waals surface area contributed by atoms with Crippen molar-refractivity contribution < 1.29 is 32.8 Å². The molecule has 0 saturated heterocycles. The average Bonchev–Trinajstić information content (AvgIpc) is 3.74. The Balaban J connectivity index is 1.46. The van der Waals surface area contributed by atoms with Gasteiger partial charge in [0.15, 0.2) is 0 Å². The van der Waals surface area contributed by atoms with E-state index in [9.17, 15) is 27.6 Å². The van der Waals surface area contributed by atoms with Crippen molar-refractivity contribution >= 4 is 43.8 Å². The number of amides is 2. The van der Waals surface area contributed by atoms with E-state index >= 15 is 0 Å². The number of carbonyl (C=O) groups excluding carboxylic acids is 3. The summed E-state index contributed by atoms with van der Waals surface area (Å²) >= 11 is -0.913. The Labute approximate surface area is 223 Å². The molecule has 38 heavy (non-hydrogen) atoms. The van der Waals surface area contributed by atoms with E-state index in [1.54, 1.807) is 48.0 Å². The number of hydrogen-bond acceptors (Lipinski definition) is 4. The van der Waals surface area contributed by atoms with Gasteiger partial charge in [0.1, 0.15) is 0 Å². The van der Waals surface area contributed by atoms with Crippen LogP contribution >= 0.6 is 0 Å². The predicted molar refractivity (Wildman–Crippen MR) is 138 cm³/mol. The van der Waals surface area contributed by atoms with Crippen LogP contribution < -0.4 is 10.8 Å². The minimum absolute atomic E-state index is 0.00318. The zero-order valence-electron chi connectivity index (χ0n) is 20.0. The van der Waals surface area contributed by atoms with Gasteiger partial charge in [-0.15, -0.1) is 0 Å².